The van der Waals surface area contributed by atoms with Gasteiger partial charge in [-0.2, -0.15) is 0 Å². The molecular weight excluding hydrogens is 273 g/mol. The van der Waals surface area contributed by atoms with Crippen LogP contribution in [0.4, 0.5) is 4.39 Å². The Labute approximate surface area is 124 Å². The zero-order valence-corrected chi connectivity index (χ0v) is 12.5. The summed E-state index contributed by atoms with van der Waals surface area (Å²) in [4.78, 5) is 11.9. The molecule has 0 spiro atoms. The van der Waals surface area contributed by atoms with Crippen LogP contribution in [0.1, 0.15) is 30.9 Å². The van der Waals surface area contributed by atoms with Crippen molar-refractivity contribution >= 4 is 5.91 Å². The van der Waals surface area contributed by atoms with Crippen molar-refractivity contribution in [3.05, 3.63) is 35.1 Å². The minimum absolute atomic E-state index is 0.111. The number of hydrogen-bond donors (Lipinski definition) is 1. The van der Waals surface area contributed by atoms with E-state index in [4.69, 9.17) is 9.47 Å². The van der Waals surface area contributed by atoms with Gasteiger partial charge in [-0.25, -0.2) is 4.39 Å². The molecule has 0 aliphatic carbocycles. The molecule has 1 aliphatic rings. The molecule has 0 radical (unpaired) electrons. The minimum atomic E-state index is -0.518. The fourth-order valence-electron chi connectivity index (χ4n) is 2.25. The molecule has 2 rings (SSSR count). The Balaban J connectivity index is 1.73. The highest BCUT2D eigenvalue weighted by atomic mass is 19.1. The predicted octanol–water partition coefficient (Wildman–Crippen LogP) is 2.33. The normalized spacial score (nSPS) is 19.5. The highest BCUT2D eigenvalue weighted by Gasteiger charge is 2.19. The van der Waals surface area contributed by atoms with E-state index in [9.17, 15) is 9.18 Å². The van der Waals surface area contributed by atoms with Gasteiger partial charge in [-0.15, -0.1) is 0 Å². The van der Waals surface area contributed by atoms with Gasteiger partial charge in [-0.1, -0.05) is 12.1 Å². The van der Waals surface area contributed by atoms with Gasteiger partial charge in [0.1, 0.15) is 11.9 Å². The molecule has 0 unspecified atom stereocenters. The van der Waals surface area contributed by atoms with Crippen LogP contribution in [0.5, 0.6) is 0 Å². The first-order valence-corrected chi connectivity index (χ1v) is 7.32. The molecular formula is C16H22FNO3. The van der Waals surface area contributed by atoms with E-state index in [1.165, 1.54) is 6.07 Å². The first kappa shape index (κ1) is 15.9. The van der Waals surface area contributed by atoms with Crippen molar-refractivity contribution in [2.75, 3.05) is 13.2 Å². The number of aryl methyl sites for hydroxylation is 1. The Morgan fingerprint density at radius 1 is 1.57 bits per heavy atom. The monoisotopic (exact) mass is 295 g/mol. The zero-order chi connectivity index (χ0) is 15.2. The number of halogens is 1. The van der Waals surface area contributed by atoms with Crippen LogP contribution in [0.2, 0.25) is 0 Å². The lowest BCUT2D eigenvalue weighted by Crippen LogP contribution is -2.35. The van der Waals surface area contributed by atoms with Crippen molar-refractivity contribution in [1.29, 1.82) is 0 Å². The number of carbonyl (C=O) groups excluding carboxylic acids is 1. The largest absolute Gasteiger partial charge is 0.376 e. The maximum Gasteiger partial charge on any atom is 0.249 e. The van der Waals surface area contributed by atoms with Gasteiger partial charge in [0.05, 0.1) is 12.7 Å². The highest BCUT2D eigenvalue weighted by molar-refractivity contribution is 5.80. The molecule has 1 N–H and O–H groups in total. The van der Waals surface area contributed by atoms with Gasteiger partial charge in [0.15, 0.2) is 0 Å². The Morgan fingerprint density at radius 2 is 2.38 bits per heavy atom. The fraction of sp³-hybridized carbons (Fsp3) is 0.562. The minimum Gasteiger partial charge on any atom is -0.376 e. The van der Waals surface area contributed by atoms with Gasteiger partial charge in [-0.3, -0.25) is 4.79 Å². The average Bonchev–Trinajstić information content (AvgIpc) is 2.99. The molecule has 1 aliphatic heterocycles. The maximum atomic E-state index is 13.2. The van der Waals surface area contributed by atoms with Crippen LogP contribution in [0.25, 0.3) is 0 Å². The number of ether oxygens (including phenoxy) is 2. The molecule has 1 aromatic carbocycles. The van der Waals surface area contributed by atoms with E-state index in [-0.39, 0.29) is 17.8 Å². The Kier molecular flexibility index (Phi) is 5.70. The van der Waals surface area contributed by atoms with E-state index >= 15 is 0 Å². The first-order valence-electron chi connectivity index (χ1n) is 7.32. The van der Waals surface area contributed by atoms with E-state index in [1.54, 1.807) is 26.0 Å². The van der Waals surface area contributed by atoms with Gasteiger partial charge in [0, 0.05) is 13.2 Å². The third-order valence-electron chi connectivity index (χ3n) is 3.61. The van der Waals surface area contributed by atoms with E-state index < -0.39 is 6.10 Å². The Morgan fingerprint density at radius 3 is 3.05 bits per heavy atom. The molecule has 0 aromatic heterocycles. The van der Waals surface area contributed by atoms with Crippen molar-refractivity contribution in [2.45, 2.75) is 45.4 Å². The second-order valence-corrected chi connectivity index (χ2v) is 5.41. The third kappa shape index (κ3) is 4.79. The maximum absolute atomic E-state index is 13.2. The quantitative estimate of drug-likeness (QED) is 0.876. The predicted molar refractivity (Wildman–Crippen MR) is 77.4 cm³/mol. The summed E-state index contributed by atoms with van der Waals surface area (Å²) < 4.78 is 24.1. The summed E-state index contributed by atoms with van der Waals surface area (Å²) in [5.74, 6) is -0.409. The van der Waals surface area contributed by atoms with Gasteiger partial charge < -0.3 is 14.8 Å². The van der Waals surface area contributed by atoms with Crippen molar-refractivity contribution in [3.63, 3.8) is 0 Å². The molecule has 1 fully saturated rings. The van der Waals surface area contributed by atoms with E-state index in [0.717, 1.165) is 25.0 Å². The van der Waals surface area contributed by atoms with E-state index in [0.29, 0.717) is 18.7 Å². The SMILES string of the molecule is Cc1cc(CNC(=O)[C@@H](C)OC[C@@H]2CCCO2)ccc1F. The summed E-state index contributed by atoms with van der Waals surface area (Å²) in [6.45, 7) is 5.02. The summed E-state index contributed by atoms with van der Waals surface area (Å²) in [6, 6.07) is 4.81. The van der Waals surface area contributed by atoms with Gasteiger partial charge in [0.2, 0.25) is 5.91 Å². The second-order valence-electron chi connectivity index (χ2n) is 5.41. The van der Waals surface area contributed by atoms with Crippen molar-refractivity contribution < 1.29 is 18.7 Å². The number of carbonyl (C=O) groups is 1. The molecule has 1 heterocycles. The van der Waals surface area contributed by atoms with Gasteiger partial charge in [-0.05, 0) is 43.9 Å². The topological polar surface area (TPSA) is 47.6 Å². The van der Waals surface area contributed by atoms with E-state index in [1.807, 2.05) is 0 Å². The van der Waals surface area contributed by atoms with Crippen molar-refractivity contribution in [1.82, 2.24) is 5.32 Å². The summed E-state index contributed by atoms with van der Waals surface area (Å²) in [5, 5.41) is 2.79. The first-order chi connectivity index (χ1) is 10.1. The molecule has 116 valence electrons. The van der Waals surface area contributed by atoms with Crippen molar-refractivity contribution in [2.24, 2.45) is 0 Å². The smallest absolute Gasteiger partial charge is 0.249 e. The van der Waals surface area contributed by atoms with Crippen LogP contribution in [0, 0.1) is 12.7 Å². The van der Waals surface area contributed by atoms with Crippen LogP contribution < -0.4 is 5.32 Å². The number of amides is 1. The summed E-state index contributed by atoms with van der Waals surface area (Å²) in [7, 11) is 0. The molecule has 0 saturated carbocycles. The number of nitrogens with one attached hydrogen (secondary N) is 1. The molecule has 1 saturated heterocycles. The highest BCUT2D eigenvalue weighted by Crippen LogP contribution is 2.13. The van der Waals surface area contributed by atoms with Crippen molar-refractivity contribution in [3.8, 4) is 0 Å². The van der Waals surface area contributed by atoms with Crippen LogP contribution in [0.3, 0.4) is 0 Å². The van der Waals surface area contributed by atoms with E-state index in [2.05, 4.69) is 5.32 Å². The second kappa shape index (κ2) is 7.52. The van der Waals surface area contributed by atoms with Crippen LogP contribution in [-0.2, 0) is 20.8 Å². The summed E-state index contributed by atoms with van der Waals surface area (Å²) in [6.07, 6.45) is 1.64. The molecule has 5 heteroatoms. The lowest BCUT2D eigenvalue weighted by molar-refractivity contribution is -0.133. The number of benzene rings is 1. The van der Waals surface area contributed by atoms with Crippen LogP contribution in [-0.4, -0.2) is 31.3 Å². The number of rotatable bonds is 6. The summed E-state index contributed by atoms with van der Waals surface area (Å²) >= 11 is 0. The standard InChI is InChI=1S/C16H22FNO3/c1-11-8-13(5-6-15(11)17)9-18-16(19)12(2)21-10-14-4-3-7-20-14/h5-6,8,12,14H,3-4,7,9-10H2,1-2H3,(H,18,19)/t12-,14+/m1/s1. The number of hydrogen-bond acceptors (Lipinski definition) is 3. The lowest BCUT2D eigenvalue weighted by Gasteiger charge is -2.16. The zero-order valence-electron chi connectivity index (χ0n) is 12.5. The fourth-order valence-corrected chi connectivity index (χ4v) is 2.25. The van der Waals surface area contributed by atoms with Gasteiger partial charge in [0.25, 0.3) is 0 Å². The lowest BCUT2D eigenvalue weighted by atomic mass is 10.1. The molecule has 0 bridgehead atoms. The Bertz CT molecular complexity index is 486. The Hall–Kier alpha value is -1.46. The van der Waals surface area contributed by atoms with Crippen LogP contribution in [0.15, 0.2) is 18.2 Å². The van der Waals surface area contributed by atoms with Crippen LogP contribution >= 0.6 is 0 Å². The molecule has 2 atom stereocenters. The average molecular weight is 295 g/mol. The molecule has 1 aromatic rings. The summed E-state index contributed by atoms with van der Waals surface area (Å²) in [5.41, 5.74) is 1.44. The molecule has 4 nitrogen and oxygen atoms in total. The molecule has 1 amide bonds. The third-order valence-corrected chi connectivity index (χ3v) is 3.61. The van der Waals surface area contributed by atoms with Gasteiger partial charge >= 0.3 is 0 Å². The molecule has 21 heavy (non-hydrogen) atoms.